The zero-order valence-corrected chi connectivity index (χ0v) is 42.0. The summed E-state index contributed by atoms with van der Waals surface area (Å²) < 4.78 is 13.0. The van der Waals surface area contributed by atoms with Crippen LogP contribution in [0.15, 0.2) is 59.4 Å². The summed E-state index contributed by atoms with van der Waals surface area (Å²) in [5.41, 5.74) is 3.50. The number of rotatable bonds is 11. The standard InChI is InChI=1S/C53H60ClN11O7/c1-5-53(70)41-26-45-48-34(29-65(45)50(67)40(41)31-71-51(53)68)24-38-39(30-60(2)3)46(14-12-43(38)57-48)72-52(69)64-22-20-62(21-23-64)28-32-16-18-63(19-17-32)47-15-13-44(58-59-47)49(66)56-35-7-10-36(11-8-35)61(4)37-9-6-33(27-55)42(54)25-37/h6,9,12-15,24-26,32,35-36,70H,5,7-8,10-11,16-23,28-31H2,1-4H3,(H,56,66)/t35?,36?,53-/m0/s1. The van der Waals surface area contributed by atoms with Crippen molar-refractivity contribution >= 4 is 52.0 Å². The maximum Gasteiger partial charge on any atom is 0.415 e. The number of carbonyl (C=O) groups excluding carboxylic acids is 3. The van der Waals surface area contributed by atoms with Crippen molar-refractivity contribution in [2.45, 2.75) is 89.3 Å². The molecule has 7 heterocycles. The summed E-state index contributed by atoms with van der Waals surface area (Å²) in [6.45, 7) is 7.45. The van der Waals surface area contributed by atoms with Gasteiger partial charge in [0.15, 0.2) is 17.1 Å². The number of fused-ring (bicyclic) bond motifs is 5. The lowest BCUT2D eigenvalue weighted by atomic mass is 9.86. The van der Waals surface area contributed by atoms with Gasteiger partial charge in [0.05, 0.1) is 39.6 Å². The molecule has 10 rings (SSSR count). The Labute approximate surface area is 423 Å². The molecular weight excluding hydrogens is 938 g/mol. The second-order valence-corrected chi connectivity index (χ2v) is 20.6. The normalized spacial score (nSPS) is 21.2. The van der Waals surface area contributed by atoms with Gasteiger partial charge in [-0.3, -0.25) is 14.5 Å². The Morgan fingerprint density at radius 1 is 0.958 bits per heavy atom. The fraction of sp³-hybridized carbons (Fsp3) is 0.472. The number of cyclic esters (lactones) is 1. The molecule has 5 aromatic rings. The third-order valence-corrected chi connectivity index (χ3v) is 15.8. The fourth-order valence-electron chi connectivity index (χ4n) is 11.2. The van der Waals surface area contributed by atoms with Crippen molar-refractivity contribution in [3.05, 3.63) is 103 Å². The van der Waals surface area contributed by atoms with Crippen molar-refractivity contribution in [2.75, 3.05) is 76.8 Å². The number of esters is 1. The van der Waals surface area contributed by atoms with Gasteiger partial charge >= 0.3 is 12.1 Å². The lowest BCUT2D eigenvalue weighted by molar-refractivity contribution is -0.172. The van der Waals surface area contributed by atoms with Crippen molar-refractivity contribution in [1.82, 2.24) is 39.8 Å². The Morgan fingerprint density at radius 3 is 2.40 bits per heavy atom. The molecule has 18 nitrogen and oxygen atoms in total. The van der Waals surface area contributed by atoms with E-state index < -0.39 is 17.7 Å². The van der Waals surface area contributed by atoms with Gasteiger partial charge in [-0.25, -0.2) is 14.6 Å². The van der Waals surface area contributed by atoms with E-state index in [1.807, 2.05) is 56.4 Å². The van der Waals surface area contributed by atoms with Crippen LogP contribution >= 0.6 is 11.6 Å². The Morgan fingerprint density at radius 2 is 1.72 bits per heavy atom. The van der Waals surface area contributed by atoms with E-state index >= 15 is 0 Å². The van der Waals surface area contributed by atoms with Gasteiger partial charge in [0.25, 0.3) is 11.5 Å². The lowest BCUT2D eigenvalue weighted by Gasteiger charge is -2.38. The Hall–Kier alpha value is -6.65. The van der Waals surface area contributed by atoms with Crippen LogP contribution in [0.25, 0.3) is 22.3 Å². The number of amides is 2. The van der Waals surface area contributed by atoms with E-state index in [2.05, 4.69) is 36.3 Å². The molecule has 2 N–H and O–H groups in total. The van der Waals surface area contributed by atoms with Crippen LogP contribution < -0.4 is 25.4 Å². The molecule has 376 valence electrons. The number of nitriles is 1. The van der Waals surface area contributed by atoms with Gasteiger partial charge in [-0.05, 0) is 120 Å². The largest absolute Gasteiger partial charge is 0.458 e. The SMILES string of the molecule is CC[C@@]1(O)C(=O)OCc2c1cc1n(c2=O)Cc2cc3c(CN(C)C)c(OC(=O)N4CCN(CC5CCN(c6ccc(C(=O)NC7CCC(N(C)c8ccc(C#N)c(Cl)c8)CC7)nn6)CC5)CC4)ccc3nc2-1. The third-order valence-electron chi connectivity index (χ3n) is 15.5. The van der Waals surface area contributed by atoms with E-state index in [9.17, 15) is 29.5 Å². The second-order valence-electron chi connectivity index (χ2n) is 20.2. The monoisotopic (exact) mass is 997 g/mol. The van der Waals surface area contributed by atoms with E-state index in [-0.39, 0.29) is 48.2 Å². The van der Waals surface area contributed by atoms with E-state index in [0.717, 1.165) is 99.3 Å². The maximum atomic E-state index is 13.8. The number of anilines is 2. The van der Waals surface area contributed by atoms with Crippen LogP contribution in [0.4, 0.5) is 16.3 Å². The fourth-order valence-corrected chi connectivity index (χ4v) is 11.4. The summed E-state index contributed by atoms with van der Waals surface area (Å²) in [5, 5.41) is 33.7. The van der Waals surface area contributed by atoms with Crippen molar-refractivity contribution in [3.8, 4) is 23.2 Å². The van der Waals surface area contributed by atoms with E-state index in [1.54, 1.807) is 40.7 Å². The van der Waals surface area contributed by atoms with Crippen LogP contribution in [0, 0.1) is 17.2 Å². The zero-order valence-electron chi connectivity index (χ0n) is 41.2. The first-order valence-electron chi connectivity index (χ1n) is 25.0. The number of benzene rings is 2. The molecule has 5 aliphatic rings. The molecule has 2 amide bonds. The summed E-state index contributed by atoms with van der Waals surface area (Å²) >= 11 is 6.29. The van der Waals surface area contributed by atoms with Crippen LogP contribution in [-0.4, -0.2) is 137 Å². The minimum atomic E-state index is -1.91. The maximum absolute atomic E-state index is 13.8. The molecule has 3 fully saturated rings. The minimum Gasteiger partial charge on any atom is -0.458 e. The van der Waals surface area contributed by atoms with Gasteiger partial charge in [0.2, 0.25) is 0 Å². The molecule has 0 radical (unpaired) electrons. The zero-order chi connectivity index (χ0) is 50.4. The summed E-state index contributed by atoms with van der Waals surface area (Å²) in [4.78, 5) is 69.0. The molecule has 3 aromatic heterocycles. The molecule has 0 bridgehead atoms. The van der Waals surface area contributed by atoms with E-state index in [4.69, 9.17) is 26.1 Å². The number of hydrogen-bond acceptors (Lipinski definition) is 15. The van der Waals surface area contributed by atoms with Gasteiger partial charge in [-0.1, -0.05) is 18.5 Å². The summed E-state index contributed by atoms with van der Waals surface area (Å²) in [6, 6.07) is 19.0. The van der Waals surface area contributed by atoms with Gasteiger partial charge in [0, 0.05) is 99.3 Å². The number of aliphatic hydroxyl groups is 1. The molecule has 2 aromatic carbocycles. The Kier molecular flexibility index (Phi) is 13.7. The molecule has 72 heavy (non-hydrogen) atoms. The van der Waals surface area contributed by atoms with Gasteiger partial charge in [-0.15, -0.1) is 10.2 Å². The molecule has 0 spiro atoms. The number of ether oxygens (including phenoxy) is 2. The van der Waals surface area contributed by atoms with Crippen LogP contribution in [0.2, 0.25) is 5.02 Å². The van der Waals surface area contributed by atoms with Gasteiger partial charge in [-0.2, -0.15) is 5.26 Å². The predicted octanol–water partition coefficient (Wildman–Crippen LogP) is 5.67. The number of pyridine rings is 2. The van der Waals surface area contributed by atoms with Crippen molar-refractivity contribution in [2.24, 2.45) is 5.92 Å². The number of aromatic nitrogens is 4. The number of nitrogens with zero attached hydrogens (tertiary/aromatic N) is 10. The number of halogens is 1. The van der Waals surface area contributed by atoms with Crippen LogP contribution in [0.1, 0.15) is 90.2 Å². The molecular formula is C53H60ClN11O7. The van der Waals surface area contributed by atoms with Gasteiger partial charge < -0.3 is 44.1 Å². The molecule has 1 aliphatic carbocycles. The summed E-state index contributed by atoms with van der Waals surface area (Å²) in [5.74, 6) is 0.759. The van der Waals surface area contributed by atoms with Crippen LogP contribution in [0.3, 0.4) is 0 Å². The first kappa shape index (κ1) is 49.0. The van der Waals surface area contributed by atoms with Gasteiger partial charge in [0.1, 0.15) is 18.4 Å². The lowest BCUT2D eigenvalue weighted by Crippen LogP contribution is -2.51. The summed E-state index contributed by atoms with van der Waals surface area (Å²) in [6.07, 6.45) is 5.20. The molecule has 0 unspecified atom stereocenters. The highest BCUT2D eigenvalue weighted by Gasteiger charge is 2.45. The number of hydrogen-bond donors (Lipinski definition) is 2. The number of carbonyl (C=O) groups is 3. The Balaban J connectivity index is 0.695. The quantitative estimate of drug-likeness (QED) is 0.150. The minimum absolute atomic E-state index is 0.0600. The van der Waals surface area contributed by atoms with Crippen LogP contribution in [-0.2, 0) is 34.8 Å². The van der Waals surface area contributed by atoms with Crippen molar-refractivity contribution < 1.29 is 29.0 Å². The first-order valence-corrected chi connectivity index (χ1v) is 25.4. The van der Waals surface area contributed by atoms with Crippen molar-refractivity contribution in [3.63, 3.8) is 0 Å². The highest BCUT2D eigenvalue weighted by Crippen LogP contribution is 2.40. The smallest absolute Gasteiger partial charge is 0.415 e. The second kappa shape index (κ2) is 20.1. The third kappa shape index (κ3) is 9.46. The number of nitrogens with one attached hydrogen (secondary N) is 1. The summed E-state index contributed by atoms with van der Waals surface area (Å²) in [7, 11) is 5.95. The molecule has 1 atom stereocenters. The van der Waals surface area contributed by atoms with Crippen molar-refractivity contribution in [1.29, 1.82) is 5.26 Å². The van der Waals surface area contributed by atoms with E-state index in [0.29, 0.717) is 70.5 Å². The highest BCUT2D eigenvalue weighted by atomic mass is 35.5. The molecule has 2 saturated heterocycles. The number of piperidine rings is 1. The topological polar surface area (TPSA) is 203 Å². The average molecular weight is 999 g/mol. The predicted molar refractivity (Wildman–Crippen MR) is 271 cm³/mol. The molecule has 1 saturated carbocycles. The first-order chi connectivity index (χ1) is 34.7. The van der Waals surface area contributed by atoms with E-state index in [1.165, 1.54) is 0 Å². The molecule has 4 aliphatic heterocycles. The van der Waals surface area contributed by atoms with Crippen LogP contribution in [0.5, 0.6) is 5.75 Å². The highest BCUT2D eigenvalue weighted by molar-refractivity contribution is 6.32. The average Bonchev–Trinajstić information content (AvgIpc) is 3.75. The molecule has 19 heteroatoms. The number of piperazine rings is 1. The Bertz CT molecular complexity index is 3030.